The Morgan fingerprint density at radius 1 is 1.15 bits per heavy atom. The number of hydrogen-bond acceptors (Lipinski definition) is 3. The molecule has 0 spiro atoms. The van der Waals surface area contributed by atoms with Crippen LogP contribution in [0.1, 0.15) is 17.2 Å². The monoisotopic (exact) mass is 291 g/mol. The lowest BCUT2D eigenvalue weighted by molar-refractivity contribution is 0.289. The van der Waals surface area contributed by atoms with Crippen molar-refractivity contribution >= 4 is 11.6 Å². The lowest BCUT2D eigenvalue weighted by Gasteiger charge is -2.15. The van der Waals surface area contributed by atoms with E-state index in [0.717, 1.165) is 22.6 Å². The highest BCUT2D eigenvalue weighted by Crippen LogP contribution is 2.24. The van der Waals surface area contributed by atoms with Gasteiger partial charge in [-0.2, -0.15) is 0 Å². The molecule has 1 atom stereocenters. The second kappa shape index (κ2) is 6.64. The van der Waals surface area contributed by atoms with Crippen LogP contribution in [0.4, 0.5) is 0 Å². The van der Waals surface area contributed by atoms with Crippen LogP contribution < -0.4 is 15.2 Å². The van der Waals surface area contributed by atoms with Crippen molar-refractivity contribution in [1.82, 2.24) is 0 Å². The van der Waals surface area contributed by atoms with E-state index in [9.17, 15) is 0 Å². The van der Waals surface area contributed by atoms with Crippen molar-refractivity contribution in [3.8, 4) is 11.5 Å². The first-order valence-electron chi connectivity index (χ1n) is 6.38. The molecular weight excluding hydrogens is 274 g/mol. The van der Waals surface area contributed by atoms with Crippen LogP contribution in [-0.2, 0) is 0 Å². The quantitative estimate of drug-likeness (QED) is 0.913. The van der Waals surface area contributed by atoms with E-state index in [0.29, 0.717) is 11.6 Å². The molecule has 0 radical (unpaired) electrons. The Morgan fingerprint density at radius 3 is 2.50 bits per heavy atom. The van der Waals surface area contributed by atoms with Gasteiger partial charge in [-0.15, -0.1) is 0 Å². The molecule has 2 N–H and O–H groups in total. The third kappa shape index (κ3) is 3.65. The smallest absolute Gasteiger partial charge is 0.123 e. The lowest BCUT2D eigenvalue weighted by Crippen LogP contribution is -2.19. The van der Waals surface area contributed by atoms with Gasteiger partial charge < -0.3 is 15.2 Å². The summed E-state index contributed by atoms with van der Waals surface area (Å²) in [5.41, 5.74) is 8.17. The summed E-state index contributed by atoms with van der Waals surface area (Å²) in [6.07, 6.45) is 0. The Morgan fingerprint density at radius 2 is 1.85 bits per heavy atom. The molecule has 2 aromatic carbocycles. The first-order valence-corrected chi connectivity index (χ1v) is 6.76. The van der Waals surface area contributed by atoms with E-state index in [-0.39, 0.29) is 6.04 Å². The van der Waals surface area contributed by atoms with Crippen LogP contribution in [0.5, 0.6) is 11.5 Å². The van der Waals surface area contributed by atoms with Gasteiger partial charge in [0.25, 0.3) is 0 Å². The van der Waals surface area contributed by atoms with Crippen molar-refractivity contribution in [2.24, 2.45) is 5.73 Å². The number of ether oxygens (including phenoxy) is 2. The first kappa shape index (κ1) is 14.7. The van der Waals surface area contributed by atoms with Crippen LogP contribution in [0.3, 0.4) is 0 Å². The maximum Gasteiger partial charge on any atom is 0.123 e. The molecule has 2 rings (SSSR count). The minimum Gasteiger partial charge on any atom is -0.497 e. The number of rotatable bonds is 5. The van der Waals surface area contributed by atoms with Gasteiger partial charge in [-0.25, -0.2) is 0 Å². The summed E-state index contributed by atoms with van der Waals surface area (Å²) in [5.74, 6) is 1.58. The van der Waals surface area contributed by atoms with Gasteiger partial charge in [-0.3, -0.25) is 0 Å². The highest BCUT2D eigenvalue weighted by molar-refractivity contribution is 6.30. The van der Waals surface area contributed by atoms with Crippen LogP contribution >= 0.6 is 11.6 Å². The summed E-state index contributed by atoms with van der Waals surface area (Å²) in [6, 6.07) is 13.0. The molecule has 2 aromatic rings. The standard InChI is InChI=1S/C16H18ClNO2/c1-11-3-6-13(17)9-16(11)20-10-15(18)12-4-7-14(19-2)8-5-12/h3-9,15H,10,18H2,1-2H3. The van der Waals surface area contributed by atoms with Crippen molar-refractivity contribution in [2.45, 2.75) is 13.0 Å². The summed E-state index contributed by atoms with van der Waals surface area (Å²) in [7, 11) is 1.64. The average molecular weight is 292 g/mol. The molecular formula is C16H18ClNO2. The van der Waals surface area contributed by atoms with E-state index < -0.39 is 0 Å². The van der Waals surface area contributed by atoms with Gasteiger partial charge in [0.15, 0.2) is 0 Å². The Bertz CT molecular complexity index is 569. The fourth-order valence-electron chi connectivity index (χ4n) is 1.86. The van der Waals surface area contributed by atoms with Gasteiger partial charge in [0, 0.05) is 5.02 Å². The zero-order chi connectivity index (χ0) is 14.5. The lowest BCUT2D eigenvalue weighted by atomic mass is 10.1. The van der Waals surface area contributed by atoms with Gasteiger partial charge in [0.1, 0.15) is 18.1 Å². The van der Waals surface area contributed by atoms with Crippen LogP contribution in [0.15, 0.2) is 42.5 Å². The third-order valence-electron chi connectivity index (χ3n) is 3.11. The van der Waals surface area contributed by atoms with Crippen LogP contribution in [0.25, 0.3) is 0 Å². The van der Waals surface area contributed by atoms with Gasteiger partial charge >= 0.3 is 0 Å². The molecule has 0 bridgehead atoms. The van der Waals surface area contributed by atoms with Crippen LogP contribution in [0, 0.1) is 6.92 Å². The van der Waals surface area contributed by atoms with E-state index in [2.05, 4.69) is 0 Å². The van der Waals surface area contributed by atoms with Gasteiger partial charge in [-0.05, 0) is 42.3 Å². The Kier molecular flexibility index (Phi) is 4.88. The van der Waals surface area contributed by atoms with Gasteiger partial charge in [0.05, 0.1) is 13.2 Å². The predicted molar refractivity (Wildman–Crippen MR) is 81.6 cm³/mol. The molecule has 0 aliphatic rings. The second-order valence-electron chi connectivity index (χ2n) is 4.60. The summed E-state index contributed by atoms with van der Waals surface area (Å²) in [4.78, 5) is 0. The Labute approximate surface area is 124 Å². The zero-order valence-electron chi connectivity index (χ0n) is 11.6. The molecule has 3 nitrogen and oxygen atoms in total. The van der Waals surface area contributed by atoms with E-state index in [1.54, 1.807) is 13.2 Å². The summed E-state index contributed by atoms with van der Waals surface area (Å²) >= 11 is 5.96. The summed E-state index contributed by atoms with van der Waals surface area (Å²) < 4.78 is 10.9. The van der Waals surface area contributed by atoms with E-state index in [4.69, 9.17) is 26.8 Å². The number of aryl methyl sites for hydroxylation is 1. The van der Waals surface area contributed by atoms with Crippen molar-refractivity contribution in [1.29, 1.82) is 0 Å². The molecule has 0 saturated heterocycles. The van der Waals surface area contributed by atoms with Crippen molar-refractivity contribution < 1.29 is 9.47 Å². The number of benzene rings is 2. The Balaban J connectivity index is 2.00. The molecule has 20 heavy (non-hydrogen) atoms. The average Bonchev–Trinajstić information content (AvgIpc) is 2.48. The van der Waals surface area contributed by atoms with Crippen LogP contribution in [0.2, 0.25) is 5.02 Å². The fraction of sp³-hybridized carbons (Fsp3) is 0.250. The topological polar surface area (TPSA) is 44.5 Å². The number of methoxy groups -OCH3 is 1. The molecule has 0 aromatic heterocycles. The summed E-state index contributed by atoms with van der Waals surface area (Å²) in [6.45, 7) is 2.37. The molecule has 106 valence electrons. The van der Waals surface area contributed by atoms with E-state index >= 15 is 0 Å². The van der Waals surface area contributed by atoms with E-state index in [1.165, 1.54) is 0 Å². The SMILES string of the molecule is COc1ccc(C(N)COc2cc(Cl)ccc2C)cc1. The normalized spacial score (nSPS) is 12.0. The molecule has 0 amide bonds. The highest BCUT2D eigenvalue weighted by Gasteiger charge is 2.08. The molecule has 1 unspecified atom stereocenters. The van der Waals surface area contributed by atoms with Crippen molar-refractivity contribution in [3.05, 3.63) is 58.6 Å². The minimum atomic E-state index is -0.195. The number of halogens is 1. The minimum absolute atomic E-state index is 0.195. The molecule has 0 fully saturated rings. The third-order valence-corrected chi connectivity index (χ3v) is 3.35. The predicted octanol–water partition coefficient (Wildman–Crippen LogP) is 3.74. The highest BCUT2D eigenvalue weighted by atomic mass is 35.5. The largest absolute Gasteiger partial charge is 0.497 e. The van der Waals surface area contributed by atoms with Gasteiger partial charge in [-0.1, -0.05) is 29.8 Å². The van der Waals surface area contributed by atoms with Crippen molar-refractivity contribution in [2.75, 3.05) is 13.7 Å². The molecule has 0 heterocycles. The number of hydrogen-bond donors (Lipinski definition) is 1. The van der Waals surface area contributed by atoms with E-state index in [1.807, 2.05) is 43.3 Å². The zero-order valence-corrected chi connectivity index (χ0v) is 12.4. The molecule has 0 aliphatic heterocycles. The fourth-order valence-corrected chi connectivity index (χ4v) is 2.02. The Hall–Kier alpha value is -1.71. The van der Waals surface area contributed by atoms with Gasteiger partial charge in [0.2, 0.25) is 0 Å². The van der Waals surface area contributed by atoms with Crippen LogP contribution in [-0.4, -0.2) is 13.7 Å². The first-order chi connectivity index (χ1) is 9.60. The second-order valence-corrected chi connectivity index (χ2v) is 5.04. The summed E-state index contributed by atoms with van der Waals surface area (Å²) in [5, 5.41) is 0.656. The molecule has 4 heteroatoms. The maximum absolute atomic E-state index is 6.12. The number of nitrogens with two attached hydrogens (primary N) is 1. The molecule has 0 aliphatic carbocycles. The maximum atomic E-state index is 6.12. The van der Waals surface area contributed by atoms with Crippen molar-refractivity contribution in [3.63, 3.8) is 0 Å². The molecule has 0 saturated carbocycles.